The van der Waals surface area contributed by atoms with Crippen LogP contribution in [0.15, 0.2) is 15.8 Å². The number of hydrogen-bond donors (Lipinski definition) is 3. The van der Waals surface area contributed by atoms with Crippen molar-refractivity contribution >= 4 is 23.4 Å². The molecule has 3 atom stereocenters. The number of aliphatic hydroxyl groups is 2. The summed E-state index contributed by atoms with van der Waals surface area (Å²) in [5.74, 6) is 0. The molecule has 0 radical (unpaired) electrons. The lowest BCUT2D eigenvalue weighted by Crippen LogP contribution is -2.31. The fraction of sp³-hybridized carbons (Fsp3) is 0.556. The molecule has 0 amide bonds. The zero-order valence-corrected chi connectivity index (χ0v) is 10.2. The average Bonchev–Trinajstić information content (AvgIpc) is 2.65. The molecule has 94 valence electrons. The van der Waals surface area contributed by atoms with E-state index in [1.54, 1.807) is 0 Å². The number of H-pyrrole nitrogens is 1. The first kappa shape index (κ1) is 12.7. The molecule has 1 aliphatic heterocycles. The van der Waals surface area contributed by atoms with Crippen LogP contribution in [0, 0.1) is 0 Å². The Kier molecular flexibility index (Phi) is 3.62. The molecule has 1 saturated heterocycles. The smallest absolute Gasteiger partial charge is 0.329 e. The van der Waals surface area contributed by atoms with Gasteiger partial charge in [-0.05, 0) is 0 Å². The van der Waals surface area contributed by atoms with E-state index in [2.05, 4.69) is 4.98 Å². The molecule has 8 heteroatoms. The van der Waals surface area contributed by atoms with Gasteiger partial charge in [0, 0.05) is 12.6 Å². The lowest BCUT2D eigenvalue weighted by Gasteiger charge is -2.12. The monoisotopic (exact) mass is 278 g/mol. The van der Waals surface area contributed by atoms with Gasteiger partial charge in [0.05, 0.1) is 23.3 Å². The van der Waals surface area contributed by atoms with Gasteiger partial charge in [-0.1, -0.05) is 11.6 Å². The third-order valence-corrected chi connectivity index (χ3v) is 4.43. The Hall–Kier alpha value is -0.760. The number of aromatic nitrogens is 2. The largest absolute Gasteiger partial charge is 0.395 e. The van der Waals surface area contributed by atoms with Gasteiger partial charge < -0.3 is 10.2 Å². The molecule has 0 saturated carbocycles. The Morgan fingerprint density at radius 2 is 2.29 bits per heavy atom. The number of thioether (sulfide) groups is 1. The van der Waals surface area contributed by atoms with E-state index in [0.29, 0.717) is 6.42 Å². The van der Waals surface area contributed by atoms with Crippen molar-refractivity contribution in [3.8, 4) is 0 Å². The molecule has 1 aromatic heterocycles. The van der Waals surface area contributed by atoms with Crippen LogP contribution in [0.25, 0.3) is 0 Å². The van der Waals surface area contributed by atoms with Crippen molar-refractivity contribution in [2.24, 2.45) is 0 Å². The third kappa shape index (κ3) is 2.42. The summed E-state index contributed by atoms with van der Waals surface area (Å²) in [5.41, 5.74) is -1.20. The maximum atomic E-state index is 11.6. The Bertz CT molecular complexity index is 528. The molecule has 0 bridgehead atoms. The maximum absolute atomic E-state index is 11.6. The zero-order chi connectivity index (χ0) is 12.6. The molecule has 3 N–H and O–H groups in total. The van der Waals surface area contributed by atoms with Crippen LogP contribution in [-0.4, -0.2) is 37.7 Å². The Morgan fingerprint density at radius 1 is 1.59 bits per heavy atom. The second-order valence-corrected chi connectivity index (χ2v) is 5.59. The van der Waals surface area contributed by atoms with Gasteiger partial charge in [0.25, 0.3) is 5.56 Å². The number of hydrogen-bond acceptors (Lipinski definition) is 5. The van der Waals surface area contributed by atoms with Crippen molar-refractivity contribution < 1.29 is 10.2 Å². The van der Waals surface area contributed by atoms with Gasteiger partial charge in [0.15, 0.2) is 0 Å². The van der Waals surface area contributed by atoms with Crippen LogP contribution >= 0.6 is 23.4 Å². The number of halogens is 1. The van der Waals surface area contributed by atoms with Gasteiger partial charge in [-0.2, -0.15) is 0 Å². The Labute approximate surface area is 105 Å². The molecule has 1 aliphatic rings. The normalized spacial score (nSPS) is 28.5. The molecule has 0 spiro atoms. The van der Waals surface area contributed by atoms with Crippen molar-refractivity contribution in [3.05, 3.63) is 32.1 Å². The minimum Gasteiger partial charge on any atom is -0.395 e. The molecule has 0 unspecified atom stereocenters. The summed E-state index contributed by atoms with van der Waals surface area (Å²) in [5, 5.41) is 17.9. The van der Waals surface area contributed by atoms with Crippen LogP contribution in [0.5, 0.6) is 0 Å². The second-order valence-electron chi connectivity index (χ2n) is 3.76. The Balaban J connectivity index is 2.34. The first-order chi connectivity index (χ1) is 8.02. The first-order valence-corrected chi connectivity index (χ1v) is 6.30. The zero-order valence-electron chi connectivity index (χ0n) is 8.67. The van der Waals surface area contributed by atoms with E-state index in [-0.39, 0.29) is 22.3 Å². The van der Waals surface area contributed by atoms with Crippen molar-refractivity contribution in [3.63, 3.8) is 0 Å². The lowest BCUT2D eigenvalue weighted by molar-refractivity contribution is 0.137. The standard InChI is InChI=1S/C9H11ClN2O4S/c10-4-2-12(9(16)11-8(4)15)7-1-5(14)6(3-13)17-7/h2,5-7,13-14H,1,3H2,(H,11,15,16)/t5-,6+,7-/m0/s1. The molecule has 2 heterocycles. The van der Waals surface area contributed by atoms with Crippen LogP contribution in [0.2, 0.25) is 5.02 Å². The van der Waals surface area contributed by atoms with Crippen LogP contribution in [-0.2, 0) is 0 Å². The summed E-state index contributed by atoms with van der Waals surface area (Å²) in [6.07, 6.45) is 0.915. The van der Waals surface area contributed by atoms with Gasteiger partial charge in [0.2, 0.25) is 0 Å². The minimum atomic E-state index is -0.674. The van der Waals surface area contributed by atoms with Crippen LogP contribution < -0.4 is 11.2 Å². The maximum Gasteiger partial charge on any atom is 0.329 e. The van der Waals surface area contributed by atoms with Gasteiger partial charge in [-0.15, -0.1) is 11.8 Å². The molecular weight excluding hydrogens is 268 g/mol. The number of nitrogens with zero attached hydrogens (tertiary/aromatic N) is 1. The van der Waals surface area contributed by atoms with Crippen LogP contribution in [0.4, 0.5) is 0 Å². The molecule has 17 heavy (non-hydrogen) atoms. The van der Waals surface area contributed by atoms with Gasteiger partial charge in [-0.3, -0.25) is 14.3 Å². The SMILES string of the molecule is O=c1[nH]c(=O)n([C@@H]2C[C@H](O)[C@@H](CO)S2)cc1Cl. The molecule has 1 aromatic rings. The first-order valence-electron chi connectivity index (χ1n) is 4.98. The molecule has 0 aliphatic carbocycles. The Morgan fingerprint density at radius 3 is 2.88 bits per heavy atom. The molecule has 0 aromatic carbocycles. The average molecular weight is 279 g/mol. The summed E-state index contributed by atoms with van der Waals surface area (Å²) in [7, 11) is 0. The summed E-state index contributed by atoms with van der Waals surface area (Å²) in [6.45, 7) is -0.159. The van der Waals surface area contributed by atoms with Gasteiger partial charge in [0.1, 0.15) is 5.02 Å². The van der Waals surface area contributed by atoms with E-state index in [9.17, 15) is 14.7 Å². The highest BCUT2D eigenvalue weighted by molar-refractivity contribution is 8.00. The van der Waals surface area contributed by atoms with Crippen molar-refractivity contribution in [1.29, 1.82) is 0 Å². The van der Waals surface area contributed by atoms with E-state index in [4.69, 9.17) is 16.7 Å². The summed E-state index contributed by atoms with van der Waals surface area (Å²) in [6, 6.07) is 0. The van der Waals surface area contributed by atoms with E-state index < -0.39 is 17.4 Å². The van der Waals surface area contributed by atoms with E-state index in [0.717, 1.165) is 0 Å². The van der Waals surface area contributed by atoms with E-state index in [1.165, 1.54) is 22.5 Å². The summed E-state index contributed by atoms with van der Waals surface area (Å²) in [4.78, 5) is 24.8. The van der Waals surface area contributed by atoms with E-state index >= 15 is 0 Å². The minimum absolute atomic E-state index is 0.0767. The second kappa shape index (κ2) is 4.85. The fourth-order valence-corrected chi connectivity index (χ4v) is 3.26. The van der Waals surface area contributed by atoms with Gasteiger partial charge >= 0.3 is 5.69 Å². The highest BCUT2D eigenvalue weighted by atomic mass is 35.5. The highest BCUT2D eigenvalue weighted by Crippen LogP contribution is 2.40. The number of rotatable bonds is 2. The molecule has 2 rings (SSSR count). The molecular formula is C9H11ClN2O4S. The lowest BCUT2D eigenvalue weighted by atomic mass is 10.2. The van der Waals surface area contributed by atoms with Crippen molar-refractivity contribution in [2.45, 2.75) is 23.1 Å². The fourth-order valence-electron chi connectivity index (χ4n) is 1.72. The summed E-state index contributed by atoms with van der Waals surface area (Å²) < 4.78 is 1.27. The van der Waals surface area contributed by atoms with Crippen LogP contribution in [0.3, 0.4) is 0 Å². The third-order valence-electron chi connectivity index (χ3n) is 2.62. The molecule has 6 nitrogen and oxygen atoms in total. The van der Waals surface area contributed by atoms with E-state index in [1.807, 2.05) is 0 Å². The van der Waals surface area contributed by atoms with Gasteiger partial charge in [-0.25, -0.2) is 4.79 Å². The number of aromatic amines is 1. The van der Waals surface area contributed by atoms with Crippen molar-refractivity contribution in [2.75, 3.05) is 6.61 Å². The predicted octanol–water partition coefficient (Wildman–Crippen LogP) is -0.453. The van der Waals surface area contributed by atoms with Crippen molar-refractivity contribution in [1.82, 2.24) is 9.55 Å². The number of aliphatic hydroxyl groups excluding tert-OH is 2. The quantitative estimate of drug-likeness (QED) is 0.681. The number of nitrogens with one attached hydrogen (secondary N) is 1. The predicted molar refractivity (Wildman–Crippen MR) is 64.5 cm³/mol. The summed E-state index contributed by atoms with van der Waals surface area (Å²) >= 11 is 6.93. The highest BCUT2D eigenvalue weighted by Gasteiger charge is 2.34. The topological polar surface area (TPSA) is 95.3 Å². The van der Waals surface area contributed by atoms with Crippen LogP contribution in [0.1, 0.15) is 11.8 Å². The molecule has 1 fully saturated rings.